The van der Waals surface area contributed by atoms with Crippen LogP contribution in [0, 0.1) is 0 Å². The molecule has 0 bridgehead atoms. The Morgan fingerprint density at radius 1 is 1.00 bits per heavy atom. The van der Waals surface area contributed by atoms with Gasteiger partial charge in [0.2, 0.25) is 10.0 Å². The second-order valence-electron chi connectivity index (χ2n) is 6.55. The van der Waals surface area contributed by atoms with Crippen molar-refractivity contribution in [2.45, 2.75) is 4.90 Å². The van der Waals surface area contributed by atoms with Gasteiger partial charge in [0, 0.05) is 34.5 Å². The molecule has 28 heavy (non-hydrogen) atoms. The Hall–Kier alpha value is -3.36. The molecule has 3 heterocycles. The maximum absolute atomic E-state index is 12.3. The highest BCUT2D eigenvalue weighted by molar-refractivity contribution is 7.89. The number of sulfonamides is 1. The van der Waals surface area contributed by atoms with Crippen LogP contribution >= 0.6 is 0 Å². The van der Waals surface area contributed by atoms with E-state index in [2.05, 4.69) is 20.0 Å². The number of anilines is 1. The molecule has 1 aliphatic rings. The first-order chi connectivity index (χ1) is 13.5. The number of para-hydroxylation sites is 1. The highest BCUT2D eigenvalue weighted by Gasteiger charge is 2.23. The van der Waals surface area contributed by atoms with Crippen molar-refractivity contribution in [1.29, 1.82) is 0 Å². The molecule has 4 aromatic rings. The minimum atomic E-state index is -3.53. The van der Waals surface area contributed by atoms with Gasteiger partial charge in [0.1, 0.15) is 16.3 Å². The van der Waals surface area contributed by atoms with E-state index in [0.717, 1.165) is 22.1 Å². The molecule has 2 aromatic carbocycles. The quantitative estimate of drug-likeness (QED) is 0.419. The van der Waals surface area contributed by atoms with Gasteiger partial charge in [-0.15, -0.1) is 0 Å². The lowest BCUT2D eigenvalue weighted by molar-refractivity contribution is 0.477. The number of hydrogen-bond acceptors (Lipinski definition) is 5. The molecule has 0 fully saturated rings. The molecule has 0 radical (unpaired) electrons. The fraction of sp³-hybridized carbons (Fsp3) is 0.0500. The number of nitrogens with one attached hydrogen (secondary N) is 3. The number of benzene rings is 2. The number of hydrogen-bond donors (Lipinski definition) is 4. The van der Waals surface area contributed by atoms with E-state index in [1.54, 1.807) is 30.5 Å². The predicted molar refractivity (Wildman–Crippen MR) is 107 cm³/mol. The van der Waals surface area contributed by atoms with Gasteiger partial charge in [-0.05, 0) is 29.8 Å². The van der Waals surface area contributed by atoms with E-state index >= 15 is 0 Å². The molecule has 0 amide bonds. The maximum atomic E-state index is 12.3. The van der Waals surface area contributed by atoms with Gasteiger partial charge in [0.15, 0.2) is 0 Å². The van der Waals surface area contributed by atoms with Crippen molar-refractivity contribution in [3.63, 3.8) is 0 Å². The Balaban J connectivity index is 1.67. The molecule has 1 aliphatic heterocycles. The standard InChI is InChI=1S/C20H16N4O3S/c25-18-4-2-1-3-14(18)16-10-22-20-15(16)7-13(9-21-20)12-5-6-17-19(8-12)28(26,27)24-11-23-17/h1-10,23-25H,11H2,(H,21,22). The SMILES string of the molecule is O=S1(=O)NCNc2ccc(-c3cnc4[nH]cc(-c5ccccc5O)c4c3)cc21. The third kappa shape index (κ3) is 2.62. The number of fused-ring (bicyclic) bond motifs is 2. The molecule has 140 valence electrons. The maximum Gasteiger partial charge on any atom is 0.244 e. The Labute approximate surface area is 161 Å². The summed E-state index contributed by atoms with van der Waals surface area (Å²) in [6, 6.07) is 14.3. The summed E-state index contributed by atoms with van der Waals surface area (Å²) in [6.07, 6.45) is 3.51. The van der Waals surface area contributed by atoms with Gasteiger partial charge < -0.3 is 15.4 Å². The monoisotopic (exact) mass is 392 g/mol. The summed E-state index contributed by atoms with van der Waals surface area (Å²) in [6.45, 7) is 0.176. The van der Waals surface area contributed by atoms with Crippen LogP contribution in [-0.2, 0) is 10.0 Å². The average Bonchev–Trinajstić information content (AvgIpc) is 3.11. The highest BCUT2D eigenvalue weighted by Crippen LogP contribution is 2.36. The Morgan fingerprint density at radius 3 is 2.71 bits per heavy atom. The van der Waals surface area contributed by atoms with Crippen LogP contribution in [0.5, 0.6) is 5.75 Å². The summed E-state index contributed by atoms with van der Waals surface area (Å²) >= 11 is 0. The van der Waals surface area contributed by atoms with E-state index in [4.69, 9.17) is 0 Å². The summed E-state index contributed by atoms with van der Waals surface area (Å²) in [5.41, 5.74) is 4.33. The first-order valence-corrected chi connectivity index (χ1v) is 10.1. The molecule has 0 saturated heterocycles. The number of phenols is 1. The van der Waals surface area contributed by atoms with Crippen LogP contribution in [0.3, 0.4) is 0 Å². The zero-order valence-electron chi connectivity index (χ0n) is 14.6. The fourth-order valence-electron chi connectivity index (χ4n) is 3.46. The number of aromatic amines is 1. The third-order valence-corrected chi connectivity index (χ3v) is 6.31. The van der Waals surface area contributed by atoms with Crippen molar-refractivity contribution in [2.24, 2.45) is 0 Å². The smallest absolute Gasteiger partial charge is 0.244 e. The van der Waals surface area contributed by atoms with Gasteiger partial charge in [-0.25, -0.2) is 13.4 Å². The topological polar surface area (TPSA) is 107 Å². The van der Waals surface area contributed by atoms with E-state index in [1.165, 1.54) is 0 Å². The molecule has 8 heteroatoms. The third-order valence-electron chi connectivity index (χ3n) is 4.87. The molecule has 0 atom stereocenters. The van der Waals surface area contributed by atoms with Gasteiger partial charge in [-0.1, -0.05) is 24.3 Å². The van der Waals surface area contributed by atoms with Crippen LogP contribution in [0.1, 0.15) is 0 Å². The number of H-pyrrole nitrogens is 1. The van der Waals surface area contributed by atoms with Crippen molar-refractivity contribution < 1.29 is 13.5 Å². The summed E-state index contributed by atoms with van der Waals surface area (Å²) in [5, 5.41) is 14.1. The summed E-state index contributed by atoms with van der Waals surface area (Å²) in [5.74, 6) is 0.186. The number of aromatic nitrogens is 2. The molecule has 0 saturated carbocycles. The van der Waals surface area contributed by atoms with E-state index in [-0.39, 0.29) is 17.3 Å². The lowest BCUT2D eigenvalue weighted by atomic mass is 10.0. The second-order valence-corrected chi connectivity index (χ2v) is 8.29. The zero-order chi connectivity index (χ0) is 19.3. The minimum Gasteiger partial charge on any atom is -0.507 e. The van der Waals surface area contributed by atoms with Crippen molar-refractivity contribution in [3.8, 4) is 28.0 Å². The van der Waals surface area contributed by atoms with Crippen LogP contribution < -0.4 is 10.0 Å². The van der Waals surface area contributed by atoms with Crippen molar-refractivity contribution >= 4 is 26.7 Å². The summed E-state index contributed by atoms with van der Waals surface area (Å²) < 4.78 is 27.1. The first-order valence-electron chi connectivity index (χ1n) is 8.66. The normalized spacial score (nSPS) is 15.1. The number of nitrogens with zero attached hydrogens (tertiary/aromatic N) is 1. The first kappa shape index (κ1) is 16.8. The molecular weight excluding hydrogens is 376 g/mol. The van der Waals surface area contributed by atoms with Gasteiger partial charge in [0.05, 0.1) is 12.4 Å². The second kappa shape index (κ2) is 6.08. The molecule has 7 nitrogen and oxygen atoms in total. The van der Waals surface area contributed by atoms with E-state index in [9.17, 15) is 13.5 Å². The van der Waals surface area contributed by atoms with Crippen LogP contribution in [0.4, 0.5) is 5.69 Å². The average molecular weight is 392 g/mol. The van der Waals surface area contributed by atoms with Crippen LogP contribution in [-0.4, -0.2) is 30.2 Å². The van der Waals surface area contributed by atoms with Gasteiger partial charge in [0.25, 0.3) is 0 Å². The number of rotatable bonds is 2. The van der Waals surface area contributed by atoms with Crippen LogP contribution in [0.25, 0.3) is 33.3 Å². The molecule has 4 N–H and O–H groups in total. The van der Waals surface area contributed by atoms with E-state index in [0.29, 0.717) is 16.9 Å². The van der Waals surface area contributed by atoms with Crippen molar-refractivity contribution in [1.82, 2.24) is 14.7 Å². The zero-order valence-corrected chi connectivity index (χ0v) is 15.4. The molecular formula is C20H16N4O3S. The lowest BCUT2D eigenvalue weighted by Gasteiger charge is -2.20. The molecule has 0 spiro atoms. The molecule has 0 unspecified atom stereocenters. The number of phenolic OH excluding ortho intramolecular Hbond substituents is 1. The minimum absolute atomic E-state index is 0.176. The van der Waals surface area contributed by atoms with Crippen molar-refractivity contribution in [3.05, 3.63) is 60.9 Å². The lowest BCUT2D eigenvalue weighted by Crippen LogP contribution is -2.34. The van der Waals surface area contributed by atoms with Gasteiger partial charge >= 0.3 is 0 Å². The summed E-state index contributed by atoms with van der Waals surface area (Å²) in [4.78, 5) is 7.80. The summed E-state index contributed by atoms with van der Waals surface area (Å²) in [7, 11) is -3.53. The largest absolute Gasteiger partial charge is 0.507 e. The number of pyridine rings is 1. The van der Waals surface area contributed by atoms with Crippen molar-refractivity contribution in [2.75, 3.05) is 12.0 Å². The molecule has 0 aliphatic carbocycles. The predicted octanol–water partition coefficient (Wildman–Crippen LogP) is 3.26. The fourth-order valence-corrected chi connectivity index (χ4v) is 4.59. The molecule has 2 aromatic heterocycles. The Morgan fingerprint density at radius 2 is 1.86 bits per heavy atom. The van der Waals surface area contributed by atoms with Crippen LogP contribution in [0.2, 0.25) is 0 Å². The van der Waals surface area contributed by atoms with E-state index < -0.39 is 10.0 Å². The van der Waals surface area contributed by atoms with Gasteiger partial charge in [-0.2, -0.15) is 4.72 Å². The van der Waals surface area contributed by atoms with Gasteiger partial charge in [-0.3, -0.25) is 0 Å². The Bertz CT molecular complexity index is 1330. The Kier molecular flexibility index (Phi) is 3.65. The number of aromatic hydroxyl groups is 1. The highest BCUT2D eigenvalue weighted by atomic mass is 32.2. The van der Waals surface area contributed by atoms with Crippen LogP contribution in [0.15, 0.2) is 65.8 Å². The van der Waals surface area contributed by atoms with E-state index in [1.807, 2.05) is 30.5 Å². The molecule has 5 rings (SSSR count).